The third-order valence-electron chi connectivity index (χ3n) is 8.27. The molecule has 0 spiro atoms. The Labute approximate surface area is 233 Å². The van der Waals surface area contributed by atoms with Crippen molar-refractivity contribution in [2.24, 2.45) is 0 Å². The highest BCUT2D eigenvalue weighted by molar-refractivity contribution is 6.25. The third-order valence-corrected chi connectivity index (χ3v) is 8.27. The Morgan fingerprint density at radius 2 is 0.600 bits per heavy atom. The first kappa shape index (κ1) is 22.8. The van der Waals surface area contributed by atoms with Crippen molar-refractivity contribution in [3.05, 3.63) is 158 Å². The Morgan fingerprint density at radius 1 is 0.225 bits per heavy atom. The summed E-state index contributed by atoms with van der Waals surface area (Å²) in [7, 11) is 0. The van der Waals surface area contributed by atoms with Gasteiger partial charge >= 0.3 is 0 Å². The molecule has 0 unspecified atom stereocenters. The molecule has 8 aromatic rings. The molecule has 0 heterocycles. The minimum absolute atomic E-state index is 1.24. The van der Waals surface area contributed by atoms with Crippen molar-refractivity contribution < 1.29 is 0 Å². The average Bonchev–Trinajstić information content (AvgIpc) is 3.03. The van der Waals surface area contributed by atoms with E-state index in [0.717, 1.165) is 0 Å². The predicted molar refractivity (Wildman–Crippen MR) is 173 cm³/mol. The Hall–Kier alpha value is -5.20. The number of fused-ring (bicyclic) bond motifs is 4. The van der Waals surface area contributed by atoms with Gasteiger partial charge in [-0.15, -0.1) is 0 Å². The standard InChI is InChI=1S/C40H26/c1-2-13-27(14-3-1)29-22-11-24-32-31(29)23-12-26-34(32)40-37-20-8-6-18-35(37)39(36-19-7-9-21-38(36)40)33-25-10-16-28-15-4-5-17-30(28)33/h1-26H. The fourth-order valence-corrected chi connectivity index (χ4v) is 6.55. The summed E-state index contributed by atoms with van der Waals surface area (Å²) in [6, 6.07) is 57.5. The summed E-state index contributed by atoms with van der Waals surface area (Å²) < 4.78 is 0. The summed E-state index contributed by atoms with van der Waals surface area (Å²) in [5, 5.41) is 10.2. The van der Waals surface area contributed by atoms with Crippen LogP contribution >= 0.6 is 0 Å². The SMILES string of the molecule is c1ccc(-c2cccc3c(-c4c5ccccc5c(-c5cccc6ccccc56)c5ccccc45)cccc23)cc1. The molecule has 0 saturated carbocycles. The normalized spacial score (nSPS) is 11.5. The van der Waals surface area contributed by atoms with Crippen LogP contribution in [-0.2, 0) is 0 Å². The van der Waals surface area contributed by atoms with Crippen LogP contribution in [0.2, 0.25) is 0 Å². The molecule has 0 fully saturated rings. The molecular weight excluding hydrogens is 480 g/mol. The van der Waals surface area contributed by atoms with Crippen LogP contribution in [0.15, 0.2) is 158 Å². The van der Waals surface area contributed by atoms with Gasteiger partial charge < -0.3 is 0 Å². The van der Waals surface area contributed by atoms with Gasteiger partial charge in [0.1, 0.15) is 0 Å². The van der Waals surface area contributed by atoms with E-state index in [0.29, 0.717) is 0 Å². The third kappa shape index (κ3) is 3.47. The quantitative estimate of drug-likeness (QED) is 0.209. The van der Waals surface area contributed by atoms with Crippen molar-refractivity contribution in [1.29, 1.82) is 0 Å². The molecular formula is C40H26. The minimum Gasteiger partial charge on any atom is -0.0622 e. The van der Waals surface area contributed by atoms with Crippen molar-refractivity contribution in [3.63, 3.8) is 0 Å². The molecule has 40 heavy (non-hydrogen) atoms. The van der Waals surface area contributed by atoms with Crippen LogP contribution in [0.4, 0.5) is 0 Å². The summed E-state index contributed by atoms with van der Waals surface area (Å²) in [4.78, 5) is 0. The van der Waals surface area contributed by atoms with Crippen LogP contribution in [-0.4, -0.2) is 0 Å². The molecule has 0 atom stereocenters. The van der Waals surface area contributed by atoms with Gasteiger partial charge in [0.15, 0.2) is 0 Å². The average molecular weight is 507 g/mol. The molecule has 0 aliphatic rings. The number of benzene rings is 8. The van der Waals surface area contributed by atoms with Gasteiger partial charge in [0.05, 0.1) is 0 Å². The molecule has 0 bridgehead atoms. The number of hydrogen-bond donors (Lipinski definition) is 0. The van der Waals surface area contributed by atoms with Crippen molar-refractivity contribution in [1.82, 2.24) is 0 Å². The van der Waals surface area contributed by atoms with E-state index >= 15 is 0 Å². The number of rotatable bonds is 3. The molecule has 8 rings (SSSR count). The number of hydrogen-bond acceptors (Lipinski definition) is 0. The van der Waals surface area contributed by atoms with E-state index in [4.69, 9.17) is 0 Å². The maximum absolute atomic E-state index is 2.30. The maximum atomic E-state index is 2.30. The predicted octanol–water partition coefficient (Wildman–Crippen LogP) is 11.3. The molecule has 0 aliphatic carbocycles. The van der Waals surface area contributed by atoms with Gasteiger partial charge in [0, 0.05) is 0 Å². The van der Waals surface area contributed by atoms with E-state index in [1.165, 1.54) is 76.5 Å². The summed E-state index contributed by atoms with van der Waals surface area (Å²) in [5.74, 6) is 0. The Balaban J connectivity index is 1.51. The molecule has 186 valence electrons. The zero-order chi connectivity index (χ0) is 26.5. The Kier molecular flexibility index (Phi) is 5.24. The highest BCUT2D eigenvalue weighted by atomic mass is 14.2. The van der Waals surface area contributed by atoms with E-state index in [9.17, 15) is 0 Å². The van der Waals surface area contributed by atoms with E-state index in [-0.39, 0.29) is 0 Å². The van der Waals surface area contributed by atoms with Crippen LogP contribution in [0.1, 0.15) is 0 Å². The topological polar surface area (TPSA) is 0 Å². The van der Waals surface area contributed by atoms with Gasteiger partial charge in [-0.05, 0) is 76.5 Å². The first-order chi connectivity index (χ1) is 19.9. The minimum atomic E-state index is 1.24. The molecule has 0 N–H and O–H groups in total. The molecule has 0 radical (unpaired) electrons. The van der Waals surface area contributed by atoms with Crippen molar-refractivity contribution in [3.8, 4) is 33.4 Å². The highest BCUT2D eigenvalue weighted by Gasteiger charge is 2.19. The van der Waals surface area contributed by atoms with Crippen LogP contribution in [0, 0.1) is 0 Å². The van der Waals surface area contributed by atoms with Crippen LogP contribution < -0.4 is 0 Å². The van der Waals surface area contributed by atoms with Crippen LogP contribution in [0.3, 0.4) is 0 Å². The molecule has 0 nitrogen and oxygen atoms in total. The van der Waals surface area contributed by atoms with Gasteiger partial charge in [-0.2, -0.15) is 0 Å². The van der Waals surface area contributed by atoms with Crippen molar-refractivity contribution >= 4 is 43.1 Å². The van der Waals surface area contributed by atoms with Gasteiger partial charge in [-0.25, -0.2) is 0 Å². The van der Waals surface area contributed by atoms with E-state index in [2.05, 4.69) is 158 Å². The van der Waals surface area contributed by atoms with Gasteiger partial charge in [-0.3, -0.25) is 0 Å². The van der Waals surface area contributed by atoms with E-state index < -0.39 is 0 Å². The highest BCUT2D eigenvalue weighted by Crippen LogP contribution is 2.47. The lowest BCUT2D eigenvalue weighted by Gasteiger charge is -2.20. The Bertz CT molecular complexity index is 2140. The molecule has 0 aromatic heterocycles. The van der Waals surface area contributed by atoms with Crippen LogP contribution in [0.25, 0.3) is 76.5 Å². The van der Waals surface area contributed by atoms with Crippen LogP contribution in [0.5, 0.6) is 0 Å². The molecule has 0 aliphatic heterocycles. The summed E-state index contributed by atoms with van der Waals surface area (Å²) in [5.41, 5.74) is 7.66. The van der Waals surface area contributed by atoms with Crippen molar-refractivity contribution in [2.75, 3.05) is 0 Å². The second-order valence-electron chi connectivity index (χ2n) is 10.4. The second kappa shape index (κ2) is 9.22. The zero-order valence-corrected chi connectivity index (χ0v) is 22.0. The maximum Gasteiger partial charge on any atom is -0.00201 e. The summed E-state index contributed by atoms with van der Waals surface area (Å²) in [6.07, 6.45) is 0. The van der Waals surface area contributed by atoms with E-state index in [1.807, 2.05) is 0 Å². The van der Waals surface area contributed by atoms with Gasteiger partial charge in [-0.1, -0.05) is 158 Å². The zero-order valence-electron chi connectivity index (χ0n) is 22.0. The lowest BCUT2D eigenvalue weighted by molar-refractivity contribution is 1.64. The molecule has 0 amide bonds. The summed E-state index contributed by atoms with van der Waals surface area (Å²) in [6.45, 7) is 0. The fourth-order valence-electron chi connectivity index (χ4n) is 6.55. The smallest absolute Gasteiger partial charge is 0.00201 e. The molecule has 8 aromatic carbocycles. The lowest BCUT2D eigenvalue weighted by Crippen LogP contribution is -1.92. The monoisotopic (exact) mass is 506 g/mol. The van der Waals surface area contributed by atoms with Gasteiger partial charge in [0.2, 0.25) is 0 Å². The Morgan fingerprint density at radius 3 is 1.20 bits per heavy atom. The largest absolute Gasteiger partial charge is 0.0622 e. The van der Waals surface area contributed by atoms with E-state index in [1.54, 1.807) is 0 Å². The second-order valence-corrected chi connectivity index (χ2v) is 10.4. The van der Waals surface area contributed by atoms with Gasteiger partial charge in [0.25, 0.3) is 0 Å². The summed E-state index contributed by atoms with van der Waals surface area (Å²) >= 11 is 0. The molecule has 0 heteroatoms. The molecule has 0 saturated heterocycles. The van der Waals surface area contributed by atoms with Crippen molar-refractivity contribution in [2.45, 2.75) is 0 Å². The first-order valence-electron chi connectivity index (χ1n) is 13.9. The lowest BCUT2D eigenvalue weighted by atomic mass is 9.83. The fraction of sp³-hybridized carbons (Fsp3) is 0. The first-order valence-corrected chi connectivity index (χ1v) is 13.9.